The first-order chi connectivity index (χ1) is 19.3. The van der Waals surface area contributed by atoms with Crippen LogP contribution in [0.2, 0.25) is 0 Å². The highest BCUT2D eigenvalue weighted by atomic mass is 127. The fraction of sp³-hybridized carbons (Fsp3) is 0.526. The Kier molecular flexibility index (Phi) is 9.37. The van der Waals surface area contributed by atoms with Crippen LogP contribution in [-0.4, -0.2) is 110 Å². The average molecular weight is 732 g/mol. The Morgan fingerprint density at radius 2 is 1.74 bits per heavy atom. The Labute approximate surface area is 246 Å². The number of aromatic nitrogens is 6. The third-order valence-corrected chi connectivity index (χ3v) is 8.23. The molecule has 0 bridgehead atoms. The van der Waals surface area contributed by atoms with E-state index in [-0.39, 0.29) is 28.4 Å². The highest BCUT2D eigenvalue weighted by Crippen LogP contribution is 2.49. The van der Waals surface area contributed by atoms with Gasteiger partial charge in [-0.1, -0.05) is 0 Å². The van der Waals surface area contributed by atoms with Crippen molar-refractivity contribution in [2.45, 2.75) is 49.1 Å². The molecule has 5 heterocycles. The molecule has 2 aliphatic heterocycles. The molecule has 0 saturated carbocycles. The number of rotatable bonds is 8. The van der Waals surface area contributed by atoms with Crippen molar-refractivity contribution in [3.05, 3.63) is 36.9 Å². The third-order valence-electron chi connectivity index (χ3n) is 6.42. The molecular weight excluding hydrogens is 706 g/mol. The minimum atomic E-state index is -5.05. The molecule has 2 aliphatic rings. The number of nitrogens with zero attached hydrogens (tertiary/aromatic N) is 5. The summed E-state index contributed by atoms with van der Waals surface area (Å²) in [5, 5.41) is 41.5. The van der Waals surface area contributed by atoms with Gasteiger partial charge in [0.2, 0.25) is 5.95 Å². The predicted octanol–water partition coefficient (Wildman–Crippen LogP) is -4.31. The molecule has 2 saturated heterocycles. The number of nitrogens with two attached hydrogens (primary N) is 2. The van der Waals surface area contributed by atoms with Crippen LogP contribution in [0.15, 0.2) is 22.1 Å². The van der Waals surface area contributed by atoms with E-state index in [9.17, 15) is 39.5 Å². The zero-order chi connectivity index (χ0) is 29.8. The van der Waals surface area contributed by atoms with Crippen molar-refractivity contribution in [2.75, 3.05) is 24.7 Å². The van der Waals surface area contributed by atoms with Crippen LogP contribution < -0.4 is 22.7 Å². The average Bonchev–Trinajstić information content (AvgIpc) is 3.54. The van der Waals surface area contributed by atoms with E-state index in [1.165, 1.54) is 6.20 Å². The van der Waals surface area contributed by atoms with Gasteiger partial charge in [-0.15, -0.1) is 0 Å². The van der Waals surface area contributed by atoms with Gasteiger partial charge in [-0.05, 0) is 22.6 Å². The SMILES string of the molecule is Nc1nc2c(ncn2[C@@H]2O[C@H](COP(=O)(O)O[C@H]3[C@@H](O)[C@H](n4cc(I)c(N)nc4=O)O[C@@H]3CO)[C@@H](O)[C@H]2O)c(=O)[nH]1.O. The van der Waals surface area contributed by atoms with Crippen LogP contribution in [0.25, 0.3) is 11.2 Å². The number of halogens is 1. The molecule has 3 aromatic heterocycles. The maximum absolute atomic E-state index is 12.8. The van der Waals surface area contributed by atoms with Gasteiger partial charge in [-0.25, -0.2) is 14.3 Å². The summed E-state index contributed by atoms with van der Waals surface area (Å²) >= 11 is 1.80. The molecule has 21 nitrogen and oxygen atoms in total. The van der Waals surface area contributed by atoms with Crippen LogP contribution in [0, 0.1) is 3.57 Å². The number of nitrogens with one attached hydrogen (secondary N) is 1. The molecule has 9 atom stereocenters. The second kappa shape index (κ2) is 12.2. The Morgan fingerprint density at radius 1 is 1.07 bits per heavy atom. The second-order valence-corrected chi connectivity index (χ2v) is 11.6. The van der Waals surface area contributed by atoms with Crippen molar-refractivity contribution in [3.63, 3.8) is 0 Å². The quantitative estimate of drug-likeness (QED) is 0.0802. The number of ether oxygens (including phenoxy) is 2. The monoisotopic (exact) mass is 732 g/mol. The normalized spacial score (nSPS) is 30.8. The van der Waals surface area contributed by atoms with Crippen molar-refractivity contribution >= 4 is 53.3 Å². The molecule has 0 amide bonds. The van der Waals surface area contributed by atoms with Crippen LogP contribution in [0.4, 0.5) is 11.8 Å². The minimum absolute atomic E-state index is 0. The highest BCUT2D eigenvalue weighted by Gasteiger charge is 2.50. The van der Waals surface area contributed by atoms with E-state index in [0.717, 1.165) is 15.5 Å². The van der Waals surface area contributed by atoms with Gasteiger partial charge in [0, 0.05) is 6.20 Å². The number of fused-ring (bicyclic) bond motifs is 1. The van der Waals surface area contributed by atoms with Crippen molar-refractivity contribution in [3.8, 4) is 0 Å². The smallest absolute Gasteiger partial charge is 0.412 e. The van der Waals surface area contributed by atoms with Crippen molar-refractivity contribution < 1.29 is 53.9 Å². The van der Waals surface area contributed by atoms with Crippen LogP contribution in [0.3, 0.4) is 0 Å². The van der Waals surface area contributed by atoms with Crippen LogP contribution in [0.1, 0.15) is 12.5 Å². The van der Waals surface area contributed by atoms with Gasteiger partial charge in [0.1, 0.15) is 42.4 Å². The first kappa shape index (κ1) is 32.3. The summed E-state index contributed by atoms with van der Waals surface area (Å²) < 4.78 is 36.3. The second-order valence-electron chi connectivity index (χ2n) is 9.06. The van der Waals surface area contributed by atoms with E-state index in [0.29, 0.717) is 3.57 Å². The van der Waals surface area contributed by atoms with E-state index in [4.69, 9.17) is 30.0 Å². The van der Waals surface area contributed by atoms with E-state index in [1.54, 1.807) is 22.6 Å². The summed E-state index contributed by atoms with van der Waals surface area (Å²) in [6.07, 6.45) is -9.81. The van der Waals surface area contributed by atoms with Crippen LogP contribution >= 0.6 is 30.4 Å². The summed E-state index contributed by atoms with van der Waals surface area (Å²) in [6.45, 7) is -1.56. The van der Waals surface area contributed by atoms with Gasteiger partial charge in [-0.2, -0.15) is 9.97 Å². The molecule has 0 radical (unpaired) electrons. The Balaban J connectivity index is 0.00000405. The van der Waals surface area contributed by atoms with Crippen molar-refractivity contribution in [2.24, 2.45) is 0 Å². The van der Waals surface area contributed by atoms with Gasteiger partial charge in [0.15, 0.2) is 23.6 Å². The van der Waals surface area contributed by atoms with Crippen LogP contribution in [0.5, 0.6) is 0 Å². The van der Waals surface area contributed by atoms with Gasteiger partial charge in [0.25, 0.3) is 5.56 Å². The number of hydrogen-bond acceptors (Lipinski definition) is 16. The zero-order valence-electron chi connectivity index (χ0n) is 21.0. The molecule has 0 aliphatic carbocycles. The summed E-state index contributed by atoms with van der Waals surface area (Å²) in [5.41, 5.74) is 9.48. The number of aromatic amines is 1. The summed E-state index contributed by atoms with van der Waals surface area (Å²) in [7, 11) is -5.05. The lowest BCUT2D eigenvalue weighted by atomic mass is 10.1. The van der Waals surface area contributed by atoms with Gasteiger partial charge in [0.05, 0.1) is 23.1 Å². The number of nitrogen functional groups attached to an aromatic ring is 2. The van der Waals surface area contributed by atoms with Gasteiger partial charge < -0.3 is 51.7 Å². The van der Waals surface area contributed by atoms with E-state index in [1.807, 2.05) is 0 Å². The lowest BCUT2D eigenvalue weighted by Crippen LogP contribution is -2.38. The minimum Gasteiger partial charge on any atom is -0.412 e. The number of anilines is 2. The third kappa shape index (κ3) is 5.93. The fourth-order valence-corrected chi connectivity index (χ4v) is 5.83. The fourth-order valence-electron chi connectivity index (χ4n) is 4.44. The Hall–Kier alpha value is -2.61. The molecule has 5 rings (SSSR count). The number of H-pyrrole nitrogens is 1. The molecule has 12 N–H and O–H groups in total. The lowest BCUT2D eigenvalue weighted by Gasteiger charge is -2.23. The van der Waals surface area contributed by atoms with Crippen molar-refractivity contribution in [1.29, 1.82) is 0 Å². The number of phosphoric ester groups is 1. The molecule has 2 fully saturated rings. The molecule has 1 unspecified atom stereocenters. The first-order valence-corrected chi connectivity index (χ1v) is 14.3. The molecule has 232 valence electrons. The lowest BCUT2D eigenvalue weighted by molar-refractivity contribution is -0.0594. The molecule has 3 aromatic rings. The summed E-state index contributed by atoms with van der Waals surface area (Å²) in [5.74, 6) is -0.289. The number of phosphoric acid groups is 1. The van der Waals surface area contributed by atoms with E-state index < -0.39 is 81.4 Å². The molecule has 42 heavy (non-hydrogen) atoms. The molecule has 0 aromatic carbocycles. The molecule has 23 heteroatoms. The van der Waals surface area contributed by atoms with E-state index >= 15 is 0 Å². The number of aliphatic hydroxyl groups excluding tert-OH is 4. The zero-order valence-corrected chi connectivity index (χ0v) is 24.0. The van der Waals surface area contributed by atoms with Crippen LogP contribution in [-0.2, 0) is 23.1 Å². The number of hydrogen-bond donors (Lipinski definition) is 8. The standard InChI is InChI=1S/C19H24IN8O12P.H2O/c20-5-1-27(19(34)24-13(5)21)17-11(32)12(6(2-29)38-17)40-41(35,36)37-3-7-9(30)10(31)16(39-7)28-4-23-8-14(28)25-18(22)26-15(8)33;/h1,4,6-7,9-12,16-17,29-32H,2-3H2,(H,35,36)(H2,21,24,34)(H3,22,25,26,33);1H2/t6-,7-,9-,10-,11-,12-,16-,17-;/m1./s1. The number of imidazole rings is 1. The topological polar surface area (TPSA) is 337 Å². The van der Waals surface area contributed by atoms with Gasteiger partial charge in [-0.3, -0.25) is 28.0 Å². The largest absolute Gasteiger partial charge is 0.472 e. The Morgan fingerprint density at radius 3 is 2.43 bits per heavy atom. The predicted molar refractivity (Wildman–Crippen MR) is 145 cm³/mol. The first-order valence-electron chi connectivity index (χ1n) is 11.7. The molecular formula is C19H26IN8O13P. The highest BCUT2D eigenvalue weighted by molar-refractivity contribution is 14.1. The summed E-state index contributed by atoms with van der Waals surface area (Å²) in [6, 6.07) is 0. The molecule has 0 spiro atoms. The maximum atomic E-state index is 12.8. The Bertz CT molecular complexity index is 1620. The summed E-state index contributed by atoms with van der Waals surface area (Å²) in [4.78, 5) is 48.4. The van der Waals surface area contributed by atoms with Crippen molar-refractivity contribution in [1.82, 2.24) is 29.1 Å². The van der Waals surface area contributed by atoms with Gasteiger partial charge >= 0.3 is 13.5 Å². The maximum Gasteiger partial charge on any atom is 0.472 e. The van der Waals surface area contributed by atoms with E-state index in [2.05, 4.69) is 19.9 Å². The number of aliphatic hydroxyl groups is 4.